The smallest absolute Gasteiger partial charge is 0.424 e. The van der Waals surface area contributed by atoms with E-state index in [9.17, 15) is 9.90 Å². The number of hydrogen-bond donors (Lipinski definition) is 3. The summed E-state index contributed by atoms with van der Waals surface area (Å²) in [5, 5.41) is 9.94. The number of aliphatic hydroxyl groups excluding tert-OH is 1. The minimum absolute atomic E-state index is 0.119. The van der Waals surface area contributed by atoms with Gasteiger partial charge in [-0.05, 0) is 0 Å². The fourth-order valence-electron chi connectivity index (χ4n) is 3.09. The third-order valence-electron chi connectivity index (χ3n) is 4.11. The van der Waals surface area contributed by atoms with Crippen LogP contribution in [0.5, 0.6) is 0 Å². The van der Waals surface area contributed by atoms with E-state index < -0.39 is 30.7 Å². The Morgan fingerprint density at radius 3 is 2.83 bits per heavy atom. The maximum Gasteiger partial charge on any atom is 0.509 e. The van der Waals surface area contributed by atoms with E-state index in [1.165, 1.54) is 6.33 Å². The molecule has 0 radical (unpaired) electrons. The van der Waals surface area contributed by atoms with Crippen molar-refractivity contribution in [1.29, 1.82) is 0 Å². The summed E-state index contributed by atoms with van der Waals surface area (Å²) >= 11 is 5.06. The molecule has 2 aromatic heterocycles. The van der Waals surface area contributed by atoms with Crippen molar-refractivity contribution < 1.29 is 24.1 Å². The van der Waals surface area contributed by atoms with E-state index in [4.69, 9.17) is 37.9 Å². The summed E-state index contributed by atoms with van der Waals surface area (Å²) in [6.07, 6.45) is -0.819. The van der Waals surface area contributed by atoms with Crippen LogP contribution in [0.3, 0.4) is 0 Å². The van der Waals surface area contributed by atoms with E-state index in [2.05, 4.69) is 9.97 Å². The first-order valence-corrected chi connectivity index (χ1v) is 7.46. The molecule has 4 atom stereocenters. The lowest BCUT2D eigenvalue weighted by molar-refractivity contribution is -0.0702. The van der Waals surface area contributed by atoms with E-state index in [1.807, 2.05) is 0 Å². The number of nitrogens with two attached hydrogens (primary N) is 2. The summed E-state index contributed by atoms with van der Waals surface area (Å²) in [5.41, 5.74) is 12.6. The number of nitrogens with zero attached hydrogens (tertiary/aromatic N) is 3. The number of carbonyl (C=O) groups excluding carboxylic acids is 1. The molecule has 4 rings (SSSR count). The maximum absolute atomic E-state index is 11.4. The number of thiocarbonyl (C=S) groups is 1. The Kier molecular flexibility index (Phi) is 3.30. The molecule has 0 bridgehead atoms. The SMILES string of the molecule is NC(=S)c1cn([C@@H]2O[C@H](CO)[C@H]3OC(=O)O[C@H]32)c2ncnc(N)c12. The minimum Gasteiger partial charge on any atom is -0.424 e. The average Bonchev–Trinajstić information content (AvgIpc) is 3.18. The van der Waals surface area contributed by atoms with Gasteiger partial charge in [0.25, 0.3) is 0 Å². The molecule has 0 saturated carbocycles. The second-order valence-electron chi connectivity index (χ2n) is 5.43. The highest BCUT2D eigenvalue weighted by atomic mass is 32.1. The molecule has 11 heteroatoms. The molecular formula is C13H13N5O5S. The third kappa shape index (κ3) is 2.02. The number of nitrogen functional groups attached to an aromatic ring is 1. The van der Waals surface area contributed by atoms with Crippen molar-refractivity contribution in [2.45, 2.75) is 24.5 Å². The number of aliphatic hydroxyl groups is 1. The van der Waals surface area contributed by atoms with Gasteiger partial charge < -0.3 is 35.4 Å². The van der Waals surface area contributed by atoms with Crippen molar-refractivity contribution in [3.63, 3.8) is 0 Å². The molecule has 5 N–H and O–H groups in total. The maximum atomic E-state index is 11.4. The summed E-state index contributed by atoms with van der Waals surface area (Å²) in [7, 11) is 0. The summed E-state index contributed by atoms with van der Waals surface area (Å²) in [6, 6.07) is 0. The first-order valence-electron chi connectivity index (χ1n) is 7.05. The first-order chi connectivity index (χ1) is 11.5. The van der Waals surface area contributed by atoms with Gasteiger partial charge in [-0.15, -0.1) is 0 Å². The molecule has 0 spiro atoms. The van der Waals surface area contributed by atoms with Gasteiger partial charge in [-0.2, -0.15) is 0 Å². The van der Waals surface area contributed by atoms with Crippen molar-refractivity contribution >= 4 is 40.2 Å². The summed E-state index contributed by atoms with van der Waals surface area (Å²) in [6.45, 7) is -0.327. The fraction of sp³-hybridized carbons (Fsp3) is 0.385. The Morgan fingerprint density at radius 1 is 1.38 bits per heavy atom. The van der Waals surface area contributed by atoms with Crippen molar-refractivity contribution in [2.24, 2.45) is 5.73 Å². The van der Waals surface area contributed by atoms with Crippen LogP contribution in [-0.4, -0.2) is 55.7 Å². The van der Waals surface area contributed by atoms with Crippen LogP contribution in [0.15, 0.2) is 12.5 Å². The summed E-state index contributed by atoms with van der Waals surface area (Å²) in [4.78, 5) is 19.7. The second-order valence-corrected chi connectivity index (χ2v) is 5.87. The number of rotatable bonds is 3. The van der Waals surface area contributed by atoms with Gasteiger partial charge in [-0.3, -0.25) is 0 Å². The number of aromatic nitrogens is 3. The van der Waals surface area contributed by atoms with Gasteiger partial charge >= 0.3 is 6.16 Å². The fourth-order valence-corrected chi connectivity index (χ4v) is 3.24. The monoisotopic (exact) mass is 351 g/mol. The predicted octanol–water partition coefficient (Wildman–Crippen LogP) is -0.559. The molecule has 24 heavy (non-hydrogen) atoms. The molecule has 2 aliphatic rings. The van der Waals surface area contributed by atoms with Crippen LogP contribution in [0.1, 0.15) is 11.8 Å². The zero-order valence-electron chi connectivity index (χ0n) is 12.2. The Bertz CT molecular complexity index is 855. The van der Waals surface area contributed by atoms with Crippen molar-refractivity contribution in [3.8, 4) is 0 Å². The van der Waals surface area contributed by atoms with E-state index >= 15 is 0 Å². The molecule has 4 heterocycles. The van der Waals surface area contributed by atoms with Gasteiger partial charge in [0.15, 0.2) is 18.4 Å². The second kappa shape index (κ2) is 5.26. The molecular weight excluding hydrogens is 338 g/mol. The predicted molar refractivity (Wildman–Crippen MR) is 84.0 cm³/mol. The minimum atomic E-state index is -0.808. The number of ether oxygens (including phenoxy) is 3. The highest BCUT2D eigenvalue weighted by molar-refractivity contribution is 7.80. The van der Waals surface area contributed by atoms with Gasteiger partial charge in [-0.25, -0.2) is 14.8 Å². The molecule has 0 amide bonds. The number of carbonyl (C=O) groups is 1. The zero-order chi connectivity index (χ0) is 17.0. The molecule has 10 nitrogen and oxygen atoms in total. The molecule has 0 aromatic carbocycles. The normalized spacial score (nSPS) is 28.6. The largest absolute Gasteiger partial charge is 0.509 e. The molecule has 2 fully saturated rings. The highest BCUT2D eigenvalue weighted by Gasteiger charge is 2.55. The van der Waals surface area contributed by atoms with Gasteiger partial charge in [-0.1, -0.05) is 12.2 Å². The molecule has 2 aliphatic heterocycles. The third-order valence-corrected chi connectivity index (χ3v) is 4.33. The van der Waals surface area contributed by atoms with Crippen LogP contribution in [0.2, 0.25) is 0 Å². The molecule has 2 saturated heterocycles. The van der Waals surface area contributed by atoms with Crippen LogP contribution in [0.4, 0.5) is 10.6 Å². The van der Waals surface area contributed by atoms with Crippen LogP contribution in [-0.2, 0) is 14.2 Å². The van der Waals surface area contributed by atoms with E-state index in [1.54, 1.807) is 10.8 Å². The van der Waals surface area contributed by atoms with E-state index in [0.29, 0.717) is 16.6 Å². The van der Waals surface area contributed by atoms with Crippen LogP contribution < -0.4 is 11.5 Å². The van der Waals surface area contributed by atoms with Gasteiger partial charge in [0.05, 0.1) is 12.0 Å². The summed E-state index contributed by atoms with van der Waals surface area (Å²) in [5.74, 6) is 0.217. The first kappa shape index (κ1) is 15.1. The lowest BCUT2D eigenvalue weighted by Crippen LogP contribution is -2.30. The van der Waals surface area contributed by atoms with Gasteiger partial charge in [0, 0.05) is 11.8 Å². The quantitative estimate of drug-likeness (QED) is 0.485. The molecule has 0 aliphatic carbocycles. The topological polar surface area (TPSA) is 148 Å². The van der Waals surface area contributed by atoms with Crippen molar-refractivity contribution in [1.82, 2.24) is 14.5 Å². The highest BCUT2D eigenvalue weighted by Crippen LogP contribution is 2.40. The van der Waals surface area contributed by atoms with Gasteiger partial charge in [0.2, 0.25) is 0 Å². The number of fused-ring (bicyclic) bond motifs is 2. The Labute approximate surface area is 140 Å². The number of hydrogen-bond acceptors (Lipinski definition) is 9. The summed E-state index contributed by atoms with van der Waals surface area (Å²) < 4.78 is 17.6. The average molecular weight is 351 g/mol. The van der Waals surface area contributed by atoms with E-state index in [-0.39, 0.29) is 17.4 Å². The number of anilines is 1. The lowest BCUT2D eigenvalue weighted by atomic mass is 10.1. The van der Waals surface area contributed by atoms with Crippen LogP contribution in [0, 0.1) is 0 Å². The van der Waals surface area contributed by atoms with Crippen molar-refractivity contribution in [3.05, 3.63) is 18.1 Å². The standard InChI is InChI=1S/C13H13N5O5S/c14-9-6-4(10(15)24)1-18(11(6)17-3-16-9)12-8-7(5(2-19)21-12)22-13(20)23-8/h1,3,5,7-8,12,19H,2H2,(H2,15,24)(H2,14,16,17)/t5-,7-,8-,12-/m1/s1. The van der Waals surface area contributed by atoms with Crippen molar-refractivity contribution in [2.75, 3.05) is 12.3 Å². The van der Waals surface area contributed by atoms with Gasteiger partial charge in [0.1, 0.15) is 28.9 Å². The Hall–Kier alpha value is -2.50. The molecule has 2 aromatic rings. The molecule has 126 valence electrons. The van der Waals surface area contributed by atoms with Crippen LogP contribution >= 0.6 is 12.2 Å². The van der Waals surface area contributed by atoms with Crippen LogP contribution in [0.25, 0.3) is 11.0 Å². The Balaban J connectivity index is 1.86. The molecule has 0 unspecified atom stereocenters. The zero-order valence-corrected chi connectivity index (χ0v) is 13.0. The lowest BCUT2D eigenvalue weighted by Gasteiger charge is -2.17. The van der Waals surface area contributed by atoms with E-state index in [0.717, 1.165) is 0 Å². The Morgan fingerprint density at radius 2 is 2.12 bits per heavy atom.